The maximum absolute atomic E-state index is 6.05. The first-order chi connectivity index (χ1) is 12.8. The molecular weight excluding hydrogens is 320 g/mol. The highest BCUT2D eigenvalue weighted by Gasteiger charge is 2.24. The Kier molecular flexibility index (Phi) is 8.01. The maximum Gasteiger partial charge on any atom is 0.106 e. The Morgan fingerprint density at radius 1 is 0.769 bits per heavy atom. The lowest BCUT2D eigenvalue weighted by Crippen LogP contribution is -2.30. The smallest absolute Gasteiger partial charge is 0.106 e. The number of ether oxygens (including phenoxy) is 2. The summed E-state index contributed by atoms with van der Waals surface area (Å²) >= 11 is 0. The van der Waals surface area contributed by atoms with Crippen LogP contribution in [-0.2, 0) is 9.47 Å². The lowest BCUT2D eigenvalue weighted by molar-refractivity contribution is -0.137. The molecular formula is C24H38O2. The fraction of sp³-hybridized carbons (Fsp3) is 0.750. The van der Waals surface area contributed by atoms with Crippen LogP contribution in [-0.4, -0.2) is 19.3 Å². The standard InChI is InChI=1S/C24H38O2/c1-3-5-6-8-19-9-11-20(12-10-19)21-13-15-22(16-14-21)24-18-25-23(7-4-2)17-26-24/h13-16,19-20,23-24H,3-12,17-18H2,1-2H3. The van der Waals surface area contributed by atoms with Gasteiger partial charge in [-0.15, -0.1) is 0 Å². The predicted octanol–water partition coefficient (Wildman–Crippen LogP) is 6.80. The second-order valence-electron chi connectivity index (χ2n) is 8.45. The minimum absolute atomic E-state index is 0.117. The number of rotatable bonds is 8. The normalized spacial score (nSPS) is 29.6. The third-order valence-electron chi connectivity index (χ3n) is 6.42. The zero-order valence-corrected chi connectivity index (χ0v) is 16.9. The van der Waals surface area contributed by atoms with Gasteiger partial charge < -0.3 is 9.47 Å². The second-order valence-corrected chi connectivity index (χ2v) is 8.45. The van der Waals surface area contributed by atoms with Crippen LogP contribution in [0.5, 0.6) is 0 Å². The van der Waals surface area contributed by atoms with E-state index in [1.165, 1.54) is 62.5 Å². The number of hydrogen-bond donors (Lipinski definition) is 0. The molecule has 0 aromatic heterocycles. The van der Waals surface area contributed by atoms with E-state index in [1.807, 2.05) is 0 Å². The van der Waals surface area contributed by atoms with E-state index >= 15 is 0 Å². The molecule has 0 N–H and O–H groups in total. The van der Waals surface area contributed by atoms with Crippen molar-refractivity contribution in [3.05, 3.63) is 35.4 Å². The molecule has 2 aliphatic rings. The lowest BCUT2D eigenvalue weighted by atomic mass is 9.77. The number of benzene rings is 1. The van der Waals surface area contributed by atoms with Gasteiger partial charge in [0, 0.05) is 0 Å². The zero-order valence-electron chi connectivity index (χ0n) is 16.9. The van der Waals surface area contributed by atoms with Gasteiger partial charge in [-0.05, 0) is 55.1 Å². The van der Waals surface area contributed by atoms with E-state index in [0.717, 1.165) is 31.3 Å². The van der Waals surface area contributed by atoms with Gasteiger partial charge in [-0.3, -0.25) is 0 Å². The van der Waals surface area contributed by atoms with E-state index in [2.05, 4.69) is 38.1 Å². The number of hydrogen-bond acceptors (Lipinski definition) is 2. The van der Waals surface area contributed by atoms with E-state index in [9.17, 15) is 0 Å². The van der Waals surface area contributed by atoms with Gasteiger partial charge >= 0.3 is 0 Å². The van der Waals surface area contributed by atoms with Crippen LogP contribution in [0.1, 0.15) is 101 Å². The molecule has 1 saturated heterocycles. The molecule has 1 heterocycles. The van der Waals surface area contributed by atoms with Gasteiger partial charge in [0.25, 0.3) is 0 Å². The van der Waals surface area contributed by atoms with E-state index in [1.54, 1.807) is 0 Å². The van der Waals surface area contributed by atoms with Crippen LogP contribution >= 0.6 is 0 Å². The molecule has 26 heavy (non-hydrogen) atoms. The molecule has 2 atom stereocenters. The summed E-state index contributed by atoms with van der Waals surface area (Å²) in [4.78, 5) is 0. The Morgan fingerprint density at radius 2 is 1.50 bits per heavy atom. The van der Waals surface area contributed by atoms with Gasteiger partial charge in [-0.25, -0.2) is 0 Å². The minimum Gasteiger partial charge on any atom is -0.373 e. The predicted molar refractivity (Wildman–Crippen MR) is 109 cm³/mol. The molecule has 2 fully saturated rings. The molecule has 2 unspecified atom stereocenters. The van der Waals surface area contributed by atoms with E-state index < -0.39 is 0 Å². The molecule has 2 nitrogen and oxygen atoms in total. The Hall–Kier alpha value is -0.860. The fourth-order valence-corrected chi connectivity index (χ4v) is 4.67. The van der Waals surface area contributed by atoms with Crippen LogP contribution in [0.3, 0.4) is 0 Å². The third-order valence-corrected chi connectivity index (χ3v) is 6.42. The number of unbranched alkanes of at least 4 members (excludes halogenated alkanes) is 2. The second kappa shape index (κ2) is 10.5. The van der Waals surface area contributed by atoms with Crippen molar-refractivity contribution in [2.45, 2.75) is 96.2 Å². The summed E-state index contributed by atoms with van der Waals surface area (Å²) in [6.45, 7) is 5.94. The first kappa shape index (κ1) is 19.9. The zero-order chi connectivity index (χ0) is 18.2. The first-order valence-electron chi connectivity index (χ1n) is 11.1. The Labute approximate surface area is 160 Å². The Morgan fingerprint density at radius 3 is 2.12 bits per heavy atom. The minimum atomic E-state index is 0.117. The summed E-state index contributed by atoms with van der Waals surface area (Å²) in [5.74, 6) is 1.75. The average Bonchev–Trinajstić information content (AvgIpc) is 2.70. The summed E-state index contributed by atoms with van der Waals surface area (Å²) < 4.78 is 12.0. The molecule has 0 bridgehead atoms. The van der Waals surface area contributed by atoms with Gasteiger partial charge in [0.1, 0.15) is 6.10 Å². The first-order valence-corrected chi connectivity index (χ1v) is 11.1. The van der Waals surface area contributed by atoms with E-state index in [-0.39, 0.29) is 6.10 Å². The fourth-order valence-electron chi connectivity index (χ4n) is 4.67. The Balaban J connectivity index is 1.45. The molecule has 0 spiro atoms. The summed E-state index contributed by atoms with van der Waals surface area (Å²) in [7, 11) is 0. The van der Waals surface area contributed by atoms with Crippen molar-refractivity contribution in [1.82, 2.24) is 0 Å². The molecule has 1 saturated carbocycles. The molecule has 0 amide bonds. The summed E-state index contributed by atoms with van der Waals surface area (Å²) in [5.41, 5.74) is 2.80. The van der Waals surface area contributed by atoms with Gasteiger partial charge in [-0.1, -0.05) is 70.2 Å². The van der Waals surface area contributed by atoms with Crippen molar-refractivity contribution >= 4 is 0 Å². The molecule has 1 aliphatic carbocycles. The molecule has 2 heteroatoms. The monoisotopic (exact) mass is 358 g/mol. The highest BCUT2D eigenvalue weighted by Crippen LogP contribution is 2.38. The van der Waals surface area contributed by atoms with Crippen LogP contribution in [0.25, 0.3) is 0 Å². The molecule has 1 aromatic rings. The quantitative estimate of drug-likeness (QED) is 0.476. The van der Waals surface area contributed by atoms with Crippen LogP contribution in [0, 0.1) is 5.92 Å². The van der Waals surface area contributed by atoms with Crippen LogP contribution in [0.2, 0.25) is 0 Å². The highest BCUT2D eigenvalue weighted by molar-refractivity contribution is 5.27. The summed E-state index contributed by atoms with van der Waals surface area (Å²) in [5, 5.41) is 0. The molecule has 1 aromatic carbocycles. The molecule has 1 aliphatic heterocycles. The van der Waals surface area contributed by atoms with Crippen LogP contribution in [0.15, 0.2) is 24.3 Å². The van der Waals surface area contributed by atoms with Crippen molar-refractivity contribution in [2.75, 3.05) is 13.2 Å². The van der Waals surface area contributed by atoms with Crippen molar-refractivity contribution in [3.63, 3.8) is 0 Å². The van der Waals surface area contributed by atoms with Gasteiger partial charge in [-0.2, -0.15) is 0 Å². The largest absolute Gasteiger partial charge is 0.373 e. The van der Waals surface area contributed by atoms with Crippen LogP contribution < -0.4 is 0 Å². The van der Waals surface area contributed by atoms with Gasteiger partial charge in [0.2, 0.25) is 0 Å². The van der Waals surface area contributed by atoms with Crippen LogP contribution in [0.4, 0.5) is 0 Å². The lowest BCUT2D eigenvalue weighted by Gasteiger charge is -2.31. The van der Waals surface area contributed by atoms with Gasteiger partial charge in [0.15, 0.2) is 0 Å². The van der Waals surface area contributed by atoms with Crippen molar-refractivity contribution in [1.29, 1.82) is 0 Å². The topological polar surface area (TPSA) is 18.5 Å². The average molecular weight is 359 g/mol. The Bertz CT molecular complexity index is 493. The van der Waals surface area contributed by atoms with E-state index in [0.29, 0.717) is 12.7 Å². The van der Waals surface area contributed by atoms with Crippen molar-refractivity contribution in [3.8, 4) is 0 Å². The SMILES string of the molecule is CCCCCC1CCC(c2ccc(C3COC(CCC)CO3)cc2)CC1. The summed E-state index contributed by atoms with van der Waals surface area (Å²) in [6.07, 6.45) is 13.9. The molecule has 0 radical (unpaired) electrons. The third kappa shape index (κ3) is 5.57. The van der Waals surface area contributed by atoms with Crippen molar-refractivity contribution in [2.24, 2.45) is 5.92 Å². The van der Waals surface area contributed by atoms with Crippen molar-refractivity contribution < 1.29 is 9.47 Å². The molecule has 146 valence electrons. The maximum atomic E-state index is 6.05. The molecule has 3 rings (SSSR count). The van der Waals surface area contributed by atoms with Gasteiger partial charge in [0.05, 0.1) is 19.3 Å². The summed E-state index contributed by atoms with van der Waals surface area (Å²) in [6, 6.07) is 9.24. The highest BCUT2D eigenvalue weighted by atomic mass is 16.6. The van der Waals surface area contributed by atoms with E-state index in [4.69, 9.17) is 9.47 Å².